The number of fused-ring (bicyclic) bond motifs is 2. The molecule has 2 aliphatic rings. The number of nitrogens with one attached hydrogen (secondary N) is 1. The Morgan fingerprint density at radius 2 is 1.65 bits per heavy atom. The van der Waals surface area contributed by atoms with Crippen LogP contribution in [0.25, 0.3) is 17.1 Å². The van der Waals surface area contributed by atoms with Crippen molar-refractivity contribution in [2.24, 2.45) is 11.8 Å². The second-order valence-electron chi connectivity index (χ2n) is 8.27. The van der Waals surface area contributed by atoms with Crippen LogP contribution in [0.1, 0.15) is 28.8 Å². The van der Waals surface area contributed by atoms with Crippen LogP contribution in [0.4, 0.5) is 0 Å². The molecule has 158 valence electrons. The van der Waals surface area contributed by atoms with Gasteiger partial charge in [0.1, 0.15) is 11.0 Å². The Labute approximate surface area is 179 Å². The van der Waals surface area contributed by atoms with Crippen LogP contribution in [0.15, 0.2) is 48.8 Å². The smallest absolute Gasteiger partial charge is 0.253 e. The Bertz CT molecular complexity index is 1110. The molecular formula is C23H24N6O2. The van der Waals surface area contributed by atoms with Gasteiger partial charge in [-0.15, -0.1) is 0 Å². The summed E-state index contributed by atoms with van der Waals surface area (Å²) in [6.07, 6.45) is 8.76. The molecule has 3 aromatic rings. The van der Waals surface area contributed by atoms with Crippen LogP contribution < -0.4 is 0 Å². The molecule has 0 aliphatic carbocycles. The molecule has 2 aliphatic heterocycles. The summed E-state index contributed by atoms with van der Waals surface area (Å²) < 4.78 is 0. The first-order valence-corrected chi connectivity index (χ1v) is 10.6. The molecule has 8 heteroatoms. The second kappa shape index (κ2) is 8.29. The molecule has 5 rings (SSSR count). The number of H-pyrrole nitrogens is 1. The van der Waals surface area contributed by atoms with Gasteiger partial charge in [0.2, 0.25) is 5.91 Å². The van der Waals surface area contributed by atoms with Crippen molar-refractivity contribution in [2.75, 3.05) is 26.2 Å². The number of rotatable bonds is 3. The van der Waals surface area contributed by atoms with Gasteiger partial charge in [0.25, 0.3) is 5.91 Å². The largest absolute Gasteiger partial charge is 0.339 e. The molecule has 31 heavy (non-hydrogen) atoms. The summed E-state index contributed by atoms with van der Waals surface area (Å²) >= 11 is 0. The molecule has 0 spiro atoms. The van der Waals surface area contributed by atoms with Gasteiger partial charge in [0.05, 0.1) is 0 Å². The molecule has 2 unspecified atom stereocenters. The number of benzene rings is 1. The van der Waals surface area contributed by atoms with Crippen molar-refractivity contribution in [3.8, 4) is 0 Å². The third-order valence-electron chi connectivity index (χ3n) is 6.40. The van der Waals surface area contributed by atoms with E-state index in [0.717, 1.165) is 50.1 Å². The number of hydrogen-bond donors (Lipinski definition) is 1. The van der Waals surface area contributed by atoms with Crippen molar-refractivity contribution in [2.45, 2.75) is 12.8 Å². The van der Waals surface area contributed by atoms with Crippen molar-refractivity contribution < 1.29 is 9.59 Å². The monoisotopic (exact) mass is 416 g/mol. The van der Waals surface area contributed by atoms with Gasteiger partial charge in [0.15, 0.2) is 0 Å². The van der Waals surface area contributed by atoms with Crippen LogP contribution in [0.3, 0.4) is 0 Å². The molecule has 0 bridgehead atoms. The van der Waals surface area contributed by atoms with E-state index in [1.165, 1.54) is 0 Å². The molecule has 4 heterocycles. The summed E-state index contributed by atoms with van der Waals surface area (Å²) in [5, 5.41) is 10.7. The molecule has 2 amide bonds. The van der Waals surface area contributed by atoms with Gasteiger partial charge < -0.3 is 9.80 Å². The van der Waals surface area contributed by atoms with E-state index in [2.05, 4.69) is 20.4 Å². The molecule has 2 saturated heterocycles. The fourth-order valence-electron chi connectivity index (χ4n) is 4.64. The normalized spacial score (nSPS) is 21.4. The van der Waals surface area contributed by atoms with Crippen LogP contribution >= 0.6 is 0 Å². The summed E-state index contributed by atoms with van der Waals surface area (Å²) in [7, 11) is 0. The minimum Gasteiger partial charge on any atom is -0.339 e. The zero-order chi connectivity index (χ0) is 21.2. The lowest BCUT2D eigenvalue weighted by molar-refractivity contribution is -0.126. The standard InChI is InChI=1S/C23H24N6O2/c30-22(4-1-16-5-9-24-10-6-16)28-11-7-18-14-29(15-19(18)8-12-28)23(31)17-2-3-20-21(13-17)26-27-25-20/h1-6,9-10,13,18-19H,7-8,11-12,14-15H2,(H,25,26,27)/b4-1+. The molecule has 1 N–H and O–H groups in total. The van der Waals surface area contributed by atoms with E-state index in [4.69, 9.17) is 0 Å². The maximum absolute atomic E-state index is 13.0. The highest BCUT2D eigenvalue weighted by atomic mass is 16.2. The van der Waals surface area contributed by atoms with Crippen LogP contribution in [-0.2, 0) is 4.79 Å². The van der Waals surface area contributed by atoms with E-state index in [1.54, 1.807) is 24.5 Å². The lowest BCUT2D eigenvalue weighted by Crippen LogP contribution is -2.33. The number of aromatic nitrogens is 4. The third kappa shape index (κ3) is 4.05. The SMILES string of the molecule is O=C(/C=C/c1ccncc1)N1CCC2CN(C(=O)c3ccc4n[nH]nc4c3)CC2CC1. The molecular weight excluding hydrogens is 392 g/mol. The Morgan fingerprint density at radius 1 is 0.935 bits per heavy atom. The van der Waals surface area contributed by atoms with E-state index in [1.807, 2.05) is 40.1 Å². The average molecular weight is 416 g/mol. The number of nitrogens with zero attached hydrogens (tertiary/aromatic N) is 5. The fourth-order valence-corrected chi connectivity index (χ4v) is 4.64. The quantitative estimate of drug-likeness (QED) is 0.662. The fraction of sp³-hybridized carbons (Fsp3) is 0.348. The molecule has 0 saturated carbocycles. The van der Waals surface area contributed by atoms with Gasteiger partial charge in [-0.05, 0) is 66.6 Å². The summed E-state index contributed by atoms with van der Waals surface area (Å²) in [5.41, 5.74) is 3.07. The Morgan fingerprint density at radius 3 is 2.39 bits per heavy atom. The zero-order valence-electron chi connectivity index (χ0n) is 17.1. The van der Waals surface area contributed by atoms with Gasteiger partial charge in [-0.1, -0.05) is 0 Å². The molecule has 0 radical (unpaired) electrons. The van der Waals surface area contributed by atoms with Crippen molar-refractivity contribution in [1.29, 1.82) is 0 Å². The van der Waals surface area contributed by atoms with E-state index in [0.29, 0.717) is 22.9 Å². The number of carbonyl (C=O) groups excluding carboxylic acids is 2. The molecule has 2 fully saturated rings. The highest BCUT2D eigenvalue weighted by Crippen LogP contribution is 2.33. The first-order valence-electron chi connectivity index (χ1n) is 10.6. The second-order valence-corrected chi connectivity index (χ2v) is 8.27. The van der Waals surface area contributed by atoms with Crippen LogP contribution in [-0.4, -0.2) is 68.2 Å². The predicted molar refractivity (Wildman–Crippen MR) is 116 cm³/mol. The number of likely N-dealkylation sites (tertiary alicyclic amines) is 2. The zero-order valence-corrected chi connectivity index (χ0v) is 17.1. The third-order valence-corrected chi connectivity index (χ3v) is 6.40. The van der Waals surface area contributed by atoms with Crippen LogP contribution in [0.2, 0.25) is 0 Å². The van der Waals surface area contributed by atoms with Crippen LogP contribution in [0.5, 0.6) is 0 Å². The lowest BCUT2D eigenvalue weighted by Gasteiger charge is -2.21. The minimum atomic E-state index is 0.0469. The summed E-state index contributed by atoms with van der Waals surface area (Å²) in [6, 6.07) is 9.19. The van der Waals surface area contributed by atoms with Crippen molar-refractivity contribution in [3.63, 3.8) is 0 Å². The van der Waals surface area contributed by atoms with E-state index in [9.17, 15) is 9.59 Å². The average Bonchev–Trinajstić information content (AvgIpc) is 3.39. The molecule has 2 aromatic heterocycles. The highest BCUT2D eigenvalue weighted by molar-refractivity contribution is 5.97. The van der Waals surface area contributed by atoms with Gasteiger partial charge in [0, 0.05) is 50.2 Å². The van der Waals surface area contributed by atoms with Gasteiger partial charge in [-0.2, -0.15) is 15.4 Å². The van der Waals surface area contributed by atoms with Crippen LogP contribution in [0, 0.1) is 11.8 Å². The summed E-state index contributed by atoms with van der Waals surface area (Å²) in [5.74, 6) is 0.959. The number of hydrogen-bond acceptors (Lipinski definition) is 5. The number of pyridine rings is 1. The number of amides is 2. The van der Waals surface area contributed by atoms with E-state index >= 15 is 0 Å². The predicted octanol–water partition coefficient (Wildman–Crippen LogP) is 2.38. The van der Waals surface area contributed by atoms with Gasteiger partial charge in [-0.3, -0.25) is 14.6 Å². The van der Waals surface area contributed by atoms with Gasteiger partial charge in [-0.25, -0.2) is 0 Å². The van der Waals surface area contributed by atoms with E-state index < -0.39 is 0 Å². The maximum atomic E-state index is 13.0. The Kier molecular flexibility index (Phi) is 5.19. The molecule has 1 aromatic carbocycles. The van der Waals surface area contributed by atoms with Crippen molar-refractivity contribution in [3.05, 3.63) is 59.9 Å². The van der Waals surface area contributed by atoms with Crippen molar-refractivity contribution in [1.82, 2.24) is 30.2 Å². The first kappa shape index (κ1) is 19.4. The summed E-state index contributed by atoms with van der Waals surface area (Å²) in [6.45, 7) is 2.95. The minimum absolute atomic E-state index is 0.0469. The highest BCUT2D eigenvalue weighted by Gasteiger charge is 2.37. The lowest BCUT2D eigenvalue weighted by atomic mass is 9.92. The first-order chi connectivity index (χ1) is 15.2. The molecule has 2 atom stereocenters. The number of aromatic amines is 1. The van der Waals surface area contributed by atoms with E-state index in [-0.39, 0.29) is 11.8 Å². The Hall–Kier alpha value is -3.55. The maximum Gasteiger partial charge on any atom is 0.253 e. The number of carbonyl (C=O) groups is 2. The Balaban J connectivity index is 1.19. The summed E-state index contributed by atoms with van der Waals surface area (Å²) in [4.78, 5) is 33.5. The van der Waals surface area contributed by atoms with Gasteiger partial charge >= 0.3 is 0 Å². The topological polar surface area (TPSA) is 95.1 Å². The molecule has 8 nitrogen and oxygen atoms in total. The van der Waals surface area contributed by atoms with Crippen molar-refractivity contribution >= 4 is 28.9 Å².